The van der Waals surface area contributed by atoms with Crippen LogP contribution in [0.25, 0.3) is 0 Å². The molecule has 168 valence electrons. The highest BCUT2D eigenvalue weighted by Crippen LogP contribution is 2.39. The van der Waals surface area contributed by atoms with Gasteiger partial charge in [-0.25, -0.2) is 8.42 Å². The minimum absolute atomic E-state index is 0.0224. The molecule has 3 rings (SSSR count). The van der Waals surface area contributed by atoms with Crippen LogP contribution in [0.2, 0.25) is 10.0 Å². The number of carbonyl (C=O) groups is 1. The van der Waals surface area contributed by atoms with E-state index in [1.54, 1.807) is 18.9 Å². The molecule has 7 nitrogen and oxygen atoms in total. The van der Waals surface area contributed by atoms with Crippen molar-refractivity contribution in [3.8, 4) is 0 Å². The zero-order valence-corrected chi connectivity index (χ0v) is 19.5. The quantitative estimate of drug-likeness (QED) is 0.650. The first kappa shape index (κ1) is 23.8. The lowest BCUT2D eigenvalue weighted by Gasteiger charge is -2.41. The molecule has 0 saturated carbocycles. The lowest BCUT2D eigenvalue weighted by atomic mass is 9.87. The van der Waals surface area contributed by atoms with Crippen molar-refractivity contribution in [2.75, 3.05) is 26.8 Å². The minimum atomic E-state index is -4.03. The van der Waals surface area contributed by atoms with Gasteiger partial charge in [-0.15, -0.1) is 0 Å². The number of fused-ring (bicyclic) bond motifs is 2. The first-order valence-corrected chi connectivity index (χ1v) is 12.3. The average molecular weight is 479 g/mol. The minimum Gasteiger partial charge on any atom is -0.393 e. The lowest BCUT2D eigenvalue weighted by Crippen LogP contribution is -2.55. The standard InChI is InChI=1S/C20H28Cl2N2O5S/c1-13(25)8-14-12-23(6-7-29-2)20(26)19-5-3-4-18(14)24(19)30(27,28)17-10-15(21)9-16(22)11-17/h9-11,13-14,18-19,25H,3-8,12H2,1-2H3/t13-,14+,18?,19?/m1/s1. The van der Waals surface area contributed by atoms with E-state index in [0.717, 1.165) is 6.42 Å². The summed E-state index contributed by atoms with van der Waals surface area (Å²) in [5.41, 5.74) is 0. The van der Waals surface area contributed by atoms with E-state index in [1.807, 2.05) is 0 Å². The molecular weight excluding hydrogens is 451 g/mol. The smallest absolute Gasteiger partial charge is 0.244 e. The molecule has 30 heavy (non-hydrogen) atoms. The first-order valence-electron chi connectivity index (χ1n) is 10.1. The molecule has 0 spiro atoms. The molecule has 2 fully saturated rings. The number of hydrogen-bond acceptors (Lipinski definition) is 5. The van der Waals surface area contributed by atoms with E-state index in [-0.39, 0.29) is 26.8 Å². The van der Waals surface area contributed by atoms with Crippen LogP contribution < -0.4 is 0 Å². The molecule has 1 aromatic carbocycles. The molecule has 2 aliphatic heterocycles. The molecule has 2 bridgehead atoms. The van der Waals surface area contributed by atoms with E-state index in [0.29, 0.717) is 39.0 Å². The van der Waals surface area contributed by atoms with Crippen LogP contribution in [0.4, 0.5) is 0 Å². The van der Waals surface area contributed by atoms with Gasteiger partial charge in [-0.2, -0.15) is 4.31 Å². The van der Waals surface area contributed by atoms with Gasteiger partial charge in [0.2, 0.25) is 15.9 Å². The second-order valence-corrected chi connectivity index (χ2v) is 10.8. The average Bonchev–Trinajstić information content (AvgIpc) is 2.73. The van der Waals surface area contributed by atoms with Crippen molar-refractivity contribution in [2.24, 2.45) is 5.92 Å². The summed E-state index contributed by atoms with van der Waals surface area (Å²) >= 11 is 12.1. The highest BCUT2D eigenvalue weighted by atomic mass is 35.5. The maximum absolute atomic E-state index is 13.7. The van der Waals surface area contributed by atoms with Crippen LogP contribution >= 0.6 is 23.2 Å². The number of methoxy groups -OCH3 is 1. The Hall–Kier alpha value is -0.900. The molecule has 10 heteroatoms. The summed E-state index contributed by atoms with van der Waals surface area (Å²) in [6.45, 7) is 2.81. The van der Waals surface area contributed by atoms with Crippen molar-refractivity contribution in [2.45, 2.75) is 55.7 Å². The molecule has 0 radical (unpaired) electrons. The fourth-order valence-electron chi connectivity index (χ4n) is 4.60. The van der Waals surface area contributed by atoms with Crippen LogP contribution in [0.15, 0.2) is 23.1 Å². The van der Waals surface area contributed by atoms with Crippen molar-refractivity contribution in [3.05, 3.63) is 28.2 Å². The molecule has 2 aliphatic rings. The predicted molar refractivity (Wildman–Crippen MR) is 115 cm³/mol. The highest BCUT2D eigenvalue weighted by Gasteiger charge is 2.50. The summed E-state index contributed by atoms with van der Waals surface area (Å²) < 4.78 is 33.9. The summed E-state index contributed by atoms with van der Waals surface area (Å²) in [5.74, 6) is -0.415. The lowest BCUT2D eigenvalue weighted by molar-refractivity contribution is -0.135. The fourth-order valence-corrected chi connectivity index (χ4v) is 7.22. The number of carbonyl (C=O) groups excluding carboxylic acids is 1. The monoisotopic (exact) mass is 478 g/mol. The summed E-state index contributed by atoms with van der Waals surface area (Å²) in [6.07, 6.45) is 1.62. The first-order chi connectivity index (χ1) is 14.1. The van der Waals surface area contributed by atoms with Gasteiger partial charge in [0.1, 0.15) is 6.04 Å². The molecule has 1 N–H and O–H groups in total. The number of ether oxygens (including phenoxy) is 1. The van der Waals surface area contributed by atoms with Crippen molar-refractivity contribution in [3.63, 3.8) is 0 Å². The number of rotatable bonds is 7. The second-order valence-electron chi connectivity index (χ2n) is 8.08. The van der Waals surface area contributed by atoms with E-state index in [1.165, 1.54) is 22.5 Å². The van der Waals surface area contributed by atoms with Gasteiger partial charge in [0.25, 0.3) is 0 Å². The van der Waals surface area contributed by atoms with Crippen molar-refractivity contribution >= 4 is 39.1 Å². The molecule has 2 heterocycles. The van der Waals surface area contributed by atoms with Crippen molar-refractivity contribution in [1.82, 2.24) is 9.21 Å². The molecule has 2 unspecified atom stereocenters. The topological polar surface area (TPSA) is 87.2 Å². The summed E-state index contributed by atoms with van der Waals surface area (Å²) in [5, 5.41) is 10.5. The predicted octanol–water partition coefficient (Wildman–Crippen LogP) is 2.78. The number of aliphatic hydroxyl groups excluding tert-OH is 1. The molecule has 1 amide bonds. The molecule has 0 aliphatic carbocycles. The Morgan fingerprint density at radius 3 is 2.50 bits per heavy atom. The largest absolute Gasteiger partial charge is 0.393 e. The fraction of sp³-hybridized carbons (Fsp3) is 0.650. The maximum atomic E-state index is 13.7. The number of benzene rings is 1. The van der Waals surface area contributed by atoms with Gasteiger partial charge >= 0.3 is 0 Å². The van der Waals surface area contributed by atoms with Crippen LogP contribution in [-0.2, 0) is 19.6 Å². The van der Waals surface area contributed by atoms with Gasteiger partial charge < -0.3 is 14.7 Å². The third kappa shape index (κ3) is 4.95. The normalized spacial score (nSPS) is 26.5. The van der Waals surface area contributed by atoms with Crippen LogP contribution in [0.3, 0.4) is 0 Å². The Balaban J connectivity index is 2.08. The van der Waals surface area contributed by atoms with Gasteiger partial charge in [-0.1, -0.05) is 23.2 Å². The van der Waals surface area contributed by atoms with Gasteiger partial charge in [0.15, 0.2) is 0 Å². The number of sulfonamides is 1. The second kappa shape index (κ2) is 9.71. The Morgan fingerprint density at radius 1 is 1.23 bits per heavy atom. The molecule has 0 aromatic heterocycles. The number of aliphatic hydroxyl groups is 1. The van der Waals surface area contributed by atoms with Crippen LogP contribution in [0.1, 0.15) is 32.6 Å². The van der Waals surface area contributed by atoms with E-state index in [2.05, 4.69) is 0 Å². The van der Waals surface area contributed by atoms with Crippen LogP contribution in [0.5, 0.6) is 0 Å². The number of nitrogens with zero attached hydrogens (tertiary/aromatic N) is 2. The van der Waals surface area contributed by atoms with Gasteiger partial charge in [-0.3, -0.25) is 4.79 Å². The van der Waals surface area contributed by atoms with Crippen molar-refractivity contribution < 1.29 is 23.1 Å². The maximum Gasteiger partial charge on any atom is 0.244 e. The van der Waals surface area contributed by atoms with Crippen LogP contribution in [0, 0.1) is 5.92 Å². The summed E-state index contributed by atoms with van der Waals surface area (Å²) in [6, 6.07) is 3.01. The number of piperidine rings is 1. The molecule has 1 aromatic rings. The third-order valence-electron chi connectivity index (χ3n) is 5.83. The molecular formula is C20H28Cl2N2O5S. The Labute approximate surface area is 187 Å². The van der Waals surface area contributed by atoms with Gasteiger partial charge in [0.05, 0.1) is 17.6 Å². The third-order valence-corrected chi connectivity index (χ3v) is 8.18. The Kier molecular flexibility index (Phi) is 7.69. The van der Waals surface area contributed by atoms with E-state index in [9.17, 15) is 18.3 Å². The van der Waals surface area contributed by atoms with E-state index >= 15 is 0 Å². The SMILES string of the molecule is COCCN1C[C@H](C[C@@H](C)O)C2CCCC(C1=O)N2S(=O)(=O)c1cc(Cl)cc(Cl)c1. The molecule has 4 atom stereocenters. The van der Waals surface area contributed by atoms with E-state index < -0.39 is 28.2 Å². The number of halogens is 2. The summed E-state index contributed by atoms with van der Waals surface area (Å²) in [7, 11) is -2.47. The van der Waals surface area contributed by atoms with Gasteiger partial charge in [0, 0.05) is 36.3 Å². The zero-order valence-electron chi connectivity index (χ0n) is 17.1. The van der Waals surface area contributed by atoms with E-state index in [4.69, 9.17) is 27.9 Å². The summed E-state index contributed by atoms with van der Waals surface area (Å²) in [4.78, 5) is 15.0. The molecule has 2 saturated heterocycles. The Bertz CT molecular complexity index is 860. The number of amides is 1. The highest BCUT2D eigenvalue weighted by molar-refractivity contribution is 7.89. The van der Waals surface area contributed by atoms with Crippen molar-refractivity contribution in [1.29, 1.82) is 0 Å². The van der Waals surface area contributed by atoms with Crippen LogP contribution in [-0.4, -0.2) is 73.6 Å². The number of hydrogen-bond donors (Lipinski definition) is 1. The Morgan fingerprint density at radius 2 is 1.90 bits per heavy atom. The van der Waals surface area contributed by atoms with Gasteiger partial charge in [-0.05, 0) is 56.7 Å². The zero-order chi connectivity index (χ0) is 22.1.